The van der Waals surface area contributed by atoms with Crippen molar-refractivity contribution in [1.82, 2.24) is 19.8 Å². The van der Waals surface area contributed by atoms with Gasteiger partial charge in [0, 0.05) is 37.8 Å². The summed E-state index contributed by atoms with van der Waals surface area (Å²) in [6.07, 6.45) is 0. The van der Waals surface area contributed by atoms with Crippen molar-refractivity contribution in [3.63, 3.8) is 0 Å². The molecule has 144 valence electrons. The SMILES string of the molecule is Cn1c(=O)cc(C(=O)NCC(c2ccc(Cl)cc2)N2CCOCC2)[nH]c1=O. The third kappa shape index (κ3) is 4.65. The Morgan fingerprint density at radius 2 is 1.93 bits per heavy atom. The fourth-order valence-electron chi connectivity index (χ4n) is 2.99. The predicted octanol–water partition coefficient (Wildman–Crippen LogP) is 0.530. The van der Waals surface area contributed by atoms with Crippen LogP contribution in [0.4, 0.5) is 0 Å². The quantitative estimate of drug-likeness (QED) is 0.773. The van der Waals surface area contributed by atoms with Gasteiger partial charge in [0.05, 0.1) is 19.3 Å². The molecule has 0 bridgehead atoms. The fraction of sp³-hybridized carbons (Fsp3) is 0.389. The molecule has 2 heterocycles. The van der Waals surface area contributed by atoms with Crippen LogP contribution in [-0.4, -0.2) is 53.2 Å². The summed E-state index contributed by atoms with van der Waals surface area (Å²) in [5, 5.41) is 3.45. The number of hydrogen-bond donors (Lipinski definition) is 2. The summed E-state index contributed by atoms with van der Waals surface area (Å²) in [6.45, 7) is 3.05. The maximum absolute atomic E-state index is 12.4. The lowest BCUT2D eigenvalue weighted by Crippen LogP contribution is -2.44. The second-order valence-electron chi connectivity index (χ2n) is 6.31. The number of carbonyl (C=O) groups is 1. The van der Waals surface area contributed by atoms with Crippen molar-refractivity contribution >= 4 is 17.5 Å². The Bertz CT molecular complexity index is 885. The van der Waals surface area contributed by atoms with Crippen LogP contribution in [0.2, 0.25) is 5.02 Å². The summed E-state index contributed by atoms with van der Waals surface area (Å²) >= 11 is 5.98. The van der Waals surface area contributed by atoms with E-state index in [1.807, 2.05) is 24.3 Å². The number of rotatable bonds is 5. The second kappa shape index (κ2) is 8.51. The van der Waals surface area contributed by atoms with E-state index < -0.39 is 17.2 Å². The Morgan fingerprint density at radius 1 is 1.26 bits per heavy atom. The van der Waals surface area contributed by atoms with E-state index in [1.54, 1.807) is 0 Å². The highest BCUT2D eigenvalue weighted by molar-refractivity contribution is 6.30. The first-order valence-corrected chi connectivity index (χ1v) is 8.99. The Morgan fingerprint density at radius 3 is 2.56 bits per heavy atom. The highest BCUT2D eigenvalue weighted by Gasteiger charge is 2.23. The van der Waals surface area contributed by atoms with Crippen LogP contribution in [0, 0.1) is 0 Å². The molecule has 3 rings (SSSR count). The van der Waals surface area contributed by atoms with Gasteiger partial charge in [-0.3, -0.25) is 19.1 Å². The summed E-state index contributed by atoms with van der Waals surface area (Å²) in [5.41, 5.74) is -0.208. The van der Waals surface area contributed by atoms with E-state index in [0.717, 1.165) is 29.3 Å². The number of carbonyl (C=O) groups excluding carboxylic acids is 1. The predicted molar refractivity (Wildman–Crippen MR) is 101 cm³/mol. The number of ether oxygens (including phenoxy) is 1. The number of aromatic amines is 1. The minimum Gasteiger partial charge on any atom is -0.379 e. The Kier molecular flexibility index (Phi) is 6.10. The third-order valence-electron chi connectivity index (χ3n) is 4.59. The summed E-state index contributed by atoms with van der Waals surface area (Å²) in [6, 6.07) is 8.51. The van der Waals surface area contributed by atoms with Crippen LogP contribution in [-0.2, 0) is 11.8 Å². The van der Waals surface area contributed by atoms with Crippen LogP contribution in [0.15, 0.2) is 39.9 Å². The second-order valence-corrected chi connectivity index (χ2v) is 6.75. The minimum absolute atomic E-state index is 0.0556. The summed E-state index contributed by atoms with van der Waals surface area (Å²) in [7, 11) is 1.35. The molecule has 1 unspecified atom stereocenters. The van der Waals surface area contributed by atoms with Gasteiger partial charge in [0.15, 0.2) is 0 Å². The molecule has 27 heavy (non-hydrogen) atoms. The molecule has 0 radical (unpaired) electrons. The van der Waals surface area contributed by atoms with Crippen molar-refractivity contribution in [3.8, 4) is 0 Å². The van der Waals surface area contributed by atoms with Crippen LogP contribution in [0.5, 0.6) is 0 Å². The number of H-pyrrole nitrogens is 1. The highest BCUT2D eigenvalue weighted by atomic mass is 35.5. The van der Waals surface area contributed by atoms with Crippen LogP contribution >= 0.6 is 11.6 Å². The summed E-state index contributed by atoms with van der Waals surface area (Å²) < 4.78 is 6.31. The molecule has 1 aromatic carbocycles. The van der Waals surface area contributed by atoms with Crippen LogP contribution in [0.25, 0.3) is 0 Å². The van der Waals surface area contributed by atoms with E-state index in [9.17, 15) is 14.4 Å². The summed E-state index contributed by atoms with van der Waals surface area (Å²) in [5.74, 6) is -0.503. The van der Waals surface area contributed by atoms with Gasteiger partial charge in [0.2, 0.25) is 0 Å². The number of hydrogen-bond acceptors (Lipinski definition) is 5. The monoisotopic (exact) mass is 392 g/mol. The zero-order valence-corrected chi connectivity index (χ0v) is 15.7. The largest absolute Gasteiger partial charge is 0.379 e. The van der Waals surface area contributed by atoms with Crippen molar-refractivity contribution in [2.75, 3.05) is 32.8 Å². The van der Waals surface area contributed by atoms with E-state index in [0.29, 0.717) is 24.8 Å². The molecule has 1 saturated heterocycles. The van der Waals surface area contributed by atoms with E-state index in [1.165, 1.54) is 7.05 Å². The van der Waals surface area contributed by atoms with Crippen molar-refractivity contribution in [2.24, 2.45) is 7.05 Å². The standard InChI is InChI=1S/C18H21ClN4O4/c1-22-16(24)10-14(21-18(22)26)17(25)20-11-15(23-6-8-27-9-7-23)12-2-4-13(19)5-3-12/h2-5,10,15H,6-9,11H2,1H3,(H,20,25)(H,21,26). The van der Waals surface area contributed by atoms with Gasteiger partial charge in [-0.25, -0.2) is 4.79 Å². The minimum atomic E-state index is -0.630. The molecule has 1 atom stereocenters. The molecule has 9 heteroatoms. The number of nitrogens with one attached hydrogen (secondary N) is 2. The van der Waals surface area contributed by atoms with Gasteiger partial charge >= 0.3 is 5.69 Å². The highest BCUT2D eigenvalue weighted by Crippen LogP contribution is 2.23. The van der Waals surface area contributed by atoms with E-state index in [-0.39, 0.29) is 11.7 Å². The smallest absolute Gasteiger partial charge is 0.328 e. The first-order valence-electron chi connectivity index (χ1n) is 8.61. The lowest BCUT2D eigenvalue weighted by atomic mass is 10.0. The van der Waals surface area contributed by atoms with Gasteiger partial charge in [0.25, 0.3) is 11.5 Å². The Labute approximate surface area is 160 Å². The zero-order valence-electron chi connectivity index (χ0n) is 14.9. The first kappa shape index (κ1) is 19.3. The molecule has 0 saturated carbocycles. The molecule has 1 aliphatic heterocycles. The topological polar surface area (TPSA) is 96.4 Å². The maximum Gasteiger partial charge on any atom is 0.328 e. The number of amides is 1. The van der Waals surface area contributed by atoms with Gasteiger partial charge in [0.1, 0.15) is 5.69 Å². The van der Waals surface area contributed by atoms with Gasteiger partial charge in [-0.15, -0.1) is 0 Å². The molecule has 1 fully saturated rings. The van der Waals surface area contributed by atoms with Gasteiger partial charge < -0.3 is 15.0 Å². The molecular formula is C18H21ClN4O4. The molecule has 8 nitrogen and oxygen atoms in total. The molecule has 1 aliphatic rings. The normalized spacial score (nSPS) is 16.1. The lowest BCUT2D eigenvalue weighted by molar-refractivity contribution is 0.0162. The third-order valence-corrected chi connectivity index (χ3v) is 4.84. The molecular weight excluding hydrogens is 372 g/mol. The maximum atomic E-state index is 12.4. The first-order chi connectivity index (χ1) is 13.0. The van der Waals surface area contributed by atoms with Crippen molar-refractivity contribution < 1.29 is 9.53 Å². The number of halogens is 1. The number of benzene rings is 1. The van der Waals surface area contributed by atoms with E-state index >= 15 is 0 Å². The Balaban J connectivity index is 1.77. The van der Waals surface area contributed by atoms with Crippen molar-refractivity contribution in [2.45, 2.75) is 6.04 Å². The van der Waals surface area contributed by atoms with Crippen LogP contribution in [0.1, 0.15) is 22.1 Å². The molecule has 0 aliphatic carbocycles. The number of morpholine rings is 1. The molecule has 1 aromatic heterocycles. The van der Waals surface area contributed by atoms with Crippen molar-refractivity contribution in [3.05, 3.63) is 67.4 Å². The molecule has 2 N–H and O–H groups in total. The van der Waals surface area contributed by atoms with E-state index in [4.69, 9.17) is 16.3 Å². The van der Waals surface area contributed by atoms with E-state index in [2.05, 4.69) is 15.2 Å². The van der Waals surface area contributed by atoms with Gasteiger partial charge in [-0.2, -0.15) is 0 Å². The fourth-order valence-corrected chi connectivity index (χ4v) is 3.12. The number of nitrogens with zero attached hydrogens (tertiary/aromatic N) is 2. The van der Waals surface area contributed by atoms with Gasteiger partial charge in [-0.05, 0) is 17.7 Å². The molecule has 1 amide bonds. The van der Waals surface area contributed by atoms with Crippen LogP contribution in [0.3, 0.4) is 0 Å². The zero-order chi connectivity index (χ0) is 19.4. The van der Waals surface area contributed by atoms with Crippen LogP contribution < -0.4 is 16.6 Å². The average molecular weight is 393 g/mol. The van der Waals surface area contributed by atoms with Gasteiger partial charge in [-0.1, -0.05) is 23.7 Å². The summed E-state index contributed by atoms with van der Waals surface area (Å²) in [4.78, 5) is 40.5. The average Bonchev–Trinajstić information content (AvgIpc) is 2.68. The molecule has 0 spiro atoms. The lowest BCUT2D eigenvalue weighted by Gasteiger charge is -2.35. The Hall–Kier alpha value is -2.42. The van der Waals surface area contributed by atoms with Crippen molar-refractivity contribution in [1.29, 1.82) is 0 Å². The number of aromatic nitrogens is 2. The molecule has 2 aromatic rings.